The van der Waals surface area contributed by atoms with Crippen molar-refractivity contribution in [2.24, 2.45) is 11.8 Å². The summed E-state index contributed by atoms with van der Waals surface area (Å²) in [7, 11) is -1.13. The van der Waals surface area contributed by atoms with E-state index in [9.17, 15) is 0 Å². The van der Waals surface area contributed by atoms with Crippen LogP contribution in [0, 0.1) is 11.8 Å². The molecule has 0 bridgehead atoms. The Balaban J connectivity index is 1.56. The van der Waals surface area contributed by atoms with E-state index in [1.54, 1.807) is 0 Å². The van der Waals surface area contributed by atoms with Crippen LogP contribution in [0.15, 0.2) is 60.7 Å². The average Bonchev–Trinajstić information content (AvgIpc) is 2.69. The average molecular weight is 411 g/mol. The van der Waals surface area contributed by atoms with Gasteiger partial charge >= 0.3 is 0 Å². The summed E-state index contributed by atoms with van der Waals surface area (Å²) in [5.74, 6) is 1.65. The van der Waals surface area contributed by atoms with Crippen molar-refractivity contribution < 1.29 is 0 Å². The van der Waals surface area contributed by atoms with Crippen LogP contribution in [0.1, 0.15) is 37.8 Å². The molecule has 2 aromatic rings. The molecule has 0 spiro atoms. The Labute approximate surface area is 180 Å². The van der Waals surface area contributed by atoms with E-state index < -0.39 is 8.07 Å². The monoisotopic (exact) mass is 410 g/mol. The second kappa shape index (κ2) is 13.0. The predicted molar refractivity (Wildman–Crippen MR) is 131 cm³/mol. The molecule has 0 heterocycles. The zero-order valence-corrected chi connectivity index (χ0v) is 20.1. The molecule has 2 N–H and O–H groups in total. The molecule has 2 nitrogen and oxygen atoms in total. The summed E-state index contributed by atoms with van der Waals surface area (Å²) in [6.07, 6.45) is 2.58. The number of hydrogen-bond donors (Lipinski definition) is 2. The van der Waals surface area contributed by atoms with E-state index in [-0.39, 0.29) is 0 Å². The highest BCUT2D eigenvalue weighted by molar-refractivity contribution is 6.77. The van der Waals surface area contributed by atoms with Crippen LogP contribution >= 0.6 is 0 Å². The molecule has 0 saturated heterocycles. The molecule has 3 heteroatoms. The molecule has 29 heavy (non-hydrogen) atoms. The quantitative estimate of drug-likeness (QED) is 0.281. The van der Waals surface area contributed by atoms with Crippen molar-refractivity contribution in [3.05, 3.63) is 71.8 Å². The van der Waals surface area contributed by atoms with Gasteiger partial charge in [0.15, 0.2) is 0 Å². The molecule has 0 aliphatic carbocycles. The first kappa shape index (κ1) is 23.9. The minimum atomic E-state index is -1.13. The number of benzene rings is 2. The van der Waals surface area contributed by atoms with Gasteiger partial charge in [-0.25, -0.2) is 0 Å². The van der Waals surface area contributed by atoms with Gasteiger partial charge in [0.2, 0.25) is 0 Å². The maximum atomic E-state index is 3.61. The lowest BCUT2D eigenvalue weighted by Gasteiger charge is -2.29. The van der Waals surface area contributed by atoms with E-state index >= 15 is 0 Å². The zero-order valence-electron chi connectivity index (χ0n) is 19.1. The van der Waals surface area contributed by atoms with Gasteiger partial charge in [0, 0.05) is 21.2 Å². The Morgan fingerprint density at radius 3 is 1.41 bits per heavy atom. The van der Waals surface area contributed by atoms with Crippen molar-refractivity contribution in [3.63, 3.8) is 0 Å². The van der Waals surface area contributed by atoms with Gasteiger partial charge in [-0.15, -0.1) is 0 Å². The third-order valence-corrected chi connectivity index (χ3v) is 9.38. The van der Waals surface area contributed by atoms with Crippen LogP contribution < -0.4 is 10.6 Å². The maximum absolute atomic E-state index is 3.61. The van der Waals surface area contributed by atoms with Crippen LogP contribution in [0.2, 0.25) is 25.2 Å². The molecule has 2 rings (SSSR count). The van der Waals surface area contributed by atoms with Crippen LogP contribution in [-0.2, 0) is 13.1 Å². The van der Waals surface area contributed by atoms with E-state index in [2.05, 4.69) is 98.2 Å². The molecular formula is C26H42N2Si. The first-order chi connectivity index (χ1) is 13.9. The molecule has 2 atom stereocenters. The lowest BCUT2D eigenvalue weighted by Crippen LogP contribution is -2.31. The zero-order chi connectivity index (χ0) is 21.0. The Morgan fingerprint density at radius 2 is 1.03 bits per heavy atom. The molecule has 160 valence electrons. The summed E-state index contributed by atoms with van der Waals surface area (Å²) < 4.78 is 0. The molecule has 2 unspecified atom stereocenters. The van der Waals surface area contributed by atoms with E-state index in [0.717, 1.165) is 38.0 Å². The van der Waals surface area contributed by atoms with Crippen molar-refractivity contribution in [2.75, 3.05) is 13.1 Å². The standard InChI is InChI=1S/C26H42N2Si/c1-23(15-17-27-19-25-11-7-5-8-12-25)21-29(3,4)22-24(2)16-18-28-20-26-13-9-6-10-14-26/h5-14,23-24,27-28H,15-22H2,1-4H3. The Bertz CT molecular complexity index is 599. The van der Waals surface area contributed by atoms with Gasteiger partial charge in [0.05, 0.1) is 0 Å². The summed E-state index contributed by atoms with van der Waals surface area (Å²) in [5.41, 5.74) is 2.76. The Hall–Kier alpha value is -1.42. The highest BCUT2D eigenvalue weighted by atomic mass is 28.3. The summed E-state index contributed by atoms with van der Waals surface area (Å²) in [6, 6.07) is 24.3. The lowest BCUT2D eigenvalue weighted by atomic mass is 10.1. The molecule has 2 aromatic carbocycles. The van der Waals surface area contributed by atoms with Crippen LogP contribution in [0.5, 0.6) is 0 Å². The number of rotatable bonds is 14. The second-order valence-corrected chi connectivity index (χ2v) is 14.8. The van der Waals surface area contributed by atoms with E-state index in [4.69, 9.17) is 0 Å². The van der Waals surface area contributed by atoms with E-state index in [1.165, 1.54) is 36.1 Å². The number of hydrogen-bond acceptors (Lipinski definition) is 2. The molecule has 0 radical (unpaired) electrons. The normalized spacial score (nSPS) is 13.9. The van der Waals surface area contributed by atoms with E-state index in [1.807, 2.05) is 0 Å². The summed E-state index contributed by atoms with van der Waals surface area (Å²) in [5, 5.41) is 7.23. The molecule has 0 aliphatic heterocycles. The third kappa shape index (κ3) is 10.8. The van der Waals surface area contributed by atoms with Crippen molar-refractivity contribution in [1.29, 1.82) is 0 Å². The Kier molecular flexibility index (Phi) is 10.7. The van der Waals surface area contributed by atoms with Crippen LogP contribution in [0.3, 0.4) is 0 Å². The smallest absolute Gasteiger partial charge is 0.0479 e. The largest absolute Gasteiger partial charge is 0.313 e. The molecular weight excluding hydrogens is 368 g/mol. The molecule has 0 fully saturated rings. The van der Waals surface area contributed by atoms with Crippen LogP contribution in [-0.4, -0.2) is 21.2 Å². The van der Waals surface area contributed by atoms with Crippen molar-refractivity contribution in [2.45, 2.75) is 65.0 Å². The van der Waals surface area contributed by atoms with Gasteiger partial charge in [-0.05, 0) is 48.9 Å². The van der Waals surface area contributed by atoms with Gasteiger partial charge in [-0.3, -0.25) is 0 Å². The van der Waals surface area contributed by atoms with Crippen molar-refractivity contribution >= 4 is 8.07 Å². The molecule has 0 aliphatic rings. The van der Waals surface area contributed by atoms with Crippen LogP contribution in [0.25, 0.3) is 0 Å². The fourth-order valence-electron chi connectivity index (χ4n) is 4.53. The minimum absolute atomic E-state index is 0.823. The maximum Gasteiger partial charge on any atom is 0.0479 e. The molecule has 0 aromatic heterocycles. The van der Waals surface area contributed by atoms with Gasteiger partial charge < -0.3 is 10.6 Å². The van der Waals surface area contributed by atoms with Gasteiger partial charge in [-0.1, -0.05) is 99.7 Å². The second-order valence-electron chi connectivity index (χ2n) is 9.68. The fourth-order valence-corrected chi connectivity index (χ4v) is 8.88. The highest BCUT2D eigenvalue weighted by Crippen LogP contribution is 2.27. The molecule has 0 amide bonds. The Morgan fingerprint density at radius 1 is 0.655 bits per heavy atom. The van der Waals surface area contributed by atoms with Crippen molar-refractivity contribution in [3.8, 4) is 0 Å². The van der Waals surface area contributed by atoms with E-state index in [0.29, 0.717) is 0 Å². The fraction of sp³-hybridized carbons (Fsp3) is 0.538. The first-order valence-corrected chi connectivity index (χ1v) is 14.9. The van der Waals surface area contributed by atoms with Crippen molar-refractivity contribution in [1.82, 2.24) is 10.6 Å². The predicted octanol–water partition coefficient (Wildman–Crippen LogP) is 6.33. The number of nitrogens with one attached hydrogen (secondary N) is 2. The topological polar surface area (TPSA) is 24.1 Å². The van der Waals surface area contributed by atoms with Gasteiger partial charge in [0.1, 0.15) is 0 Å². The third-order valence-electron chi connectivity index (χ3n) is 5.77. The van der Waals surface area contributed by atoms with Crippen LogP contribution in [0.4, 0.5) is 0 Å². The first-order valence-electron chi connectivity index (χ1n) is 11.4. The summed E-state index contributed by atoms with van der Waals surface area (Å²) in [4.78, 5) is 0. The summed E-state index contributed by atoms with van der Waals surface area (Å²) >= 11 is 0. The molecule has 0 saturated carbocycles. The lowest BCUT2D eigenvalue weighted by molar-refractivity contribution is 0.514. The van der Waals surface area contributed by atoms with Gasteiger partial charge in [0.25, 0.3) is 0 Å². The van der Waals surface area contributed by atoms with Gasteiger partial charge in [-0.2, -0.15) is 0 Å². The highest BCUT2D eigenvalue weighted by Gasteiger charge is 2.25. The minimum Gasteiger partial charge on any atom is -0.313 e. The SMILES string of the molecule is CC(CCNCc1ccccc1)C[Si](C)(C)CC(C)CCNCc1ccccc1. The summed E-state index contributed by atoms with van der Waals surface area (Å²) in [6.45, 7) is 14.3.